The maximum Gasteiger partial charge on any atom is 0.115 e. The van der Waals surface area contributed by atoms with Gasteiger partial charge >= 0.3 is 0 Å². The van der Waals surface area contributed by atoms with Crippen LogP contribution in [0.2, 0.25) is 0 Å². The Morgan fingerprint density at radius 2 is 1.64 bits per heavy atom. The maximum atomic E-state index is 9.30. The Morgan fingerprint density at radius 1 is 0.909 bits per heavy atom. The first-order chi connectivity index (χ1) is 10.7. The van der Waals surface area contributed by atoms with Crippen molar-refractivity contribution in [3.8, 4) is 5.75 Å². The Balaban J connectivity index is 1.66. The number of aromatic hydroxyl groups is 1. The lowest BCUT2D eigenvalue weighted by Gasteiger charge is -2.16. The summed E-state index contributed by atoms with van der Waals surface area (Å²) in [6.07, 6.45) is 0.954. The van der Waals surface area contributed by atoms with Crippen LogP contribution in [0, 0.1) is 0 Å². The van der Waals surface area contributed by atoms with Gasteiger partial charge in [0, 0.05) is 6.04 Å². The largest absolute Gasteiger partial charge is 0.508 e. The minimum Gasteiger partial charge on any atom is -0.508 e. The zero-order valence-corrected chi connectivity index (χ0v) is 12.8. The summed E-state index contributed by atoms with van der Waals surface area (Å²) in [5.74, 6) is 0.320. The summed E-state index contributed by atoms with van der Waals surface area (Å²) in [5, 5.41) is 15.5. The summed E-state index contributed by atoms with van der Waals surface area (Å²) in [6.45, 7) is 3.12. The lowest BCUT2D eigenvalue weighted by molar-refractivity contribution is 0.475. The topological polar surface area (TPSA) is 32.3 Å². The molecular formula is C20H21NO. The third-order valence-electron chi connectivity index (χ3n) is 4.09. The molecule has 0 aliphatic heterocycles. The predicted molar refractivity (Wildman–Crippen MR) is 92.2 cm³/mol. The number of fused-ring (bicyclic) bond motifs is 1. The number of benzene rings is 3. The molecule has 0 spiro atoms. The van der Waals surface area contributed by atoms with Gasteiger partial charge in [0.2, 0.25) is 0 Å². The molecule has 2 heteroatoms. The molecular weight excluding hydrogens is 270 g/mol. The van der Waals surface area contributed by atoms with Crippen molar-refractivity contribution in [3.05, 3.63) is 77.9 Å². The van der Waals surface area contributed by atoms with Crippen molar-refractivity contribution in [1.82, 2.24) is 5.32 Å². The van der Waals surface area contributed by atoms with E-state index in [2.05, 4.69) is 54.7 Å². The molecule has 2 N–H and O–H groups in total. The number of phenolic OH excluding ortho intramolecular Hbond substituents is 1. The zero-order valence-electron chi connectivity index (χ0n) is 12.8. The molecule has 0 saturated heterocycles. The van der Waals surface area contributed by atoms with Gasteiger partial charge in [0.1, 0.15) is 5.75 Å². The third kappa shape index (κ3) is 3.29. The second-order valence-electron chi connectivity index (χ2n) is 5.66. The van der Waals surface area contributed by atoms with Crippen LogP contribution in [-0.4, -0.2) is 11.7 Å². The predicted octanol–water partition coefficient (Wildman–Crippen LogP) is 4.44. The molecule has 22 heavy (non-hydrogen) atoms. The van der Waals surface area contributed by atoms with Gasteiger partial charge in [-0.25, -0.2) is 0 Å². The fourth-order valence-electron chi connectivity index (χ4n) is 2.83. The maximum absolute atomic E-state index is 9.30. The second-order valence-corrected chi connectivity index (χ2v) is 5.66. The highest BCUT2D eigenvalue weighted by Crippen LogP contribution is 2.24. The number of hydrogen-bond acceptors (Lipinski definition) is 2. The highest BCUT2D eigenvalue weighted by atomic mass is 16.3. The van der Waals surface area contributed by atoms with Gasteiger partial charge in [0.15, 0.2) is 0 Å². The molecule has 3 rings (SSSR count). The molecule has 0 amide bonds. The van der Waals surface area contributed by atoms with Gasteiger partial charge in [0.05, 0.1) is 0 Å². The summed E-state index contributed by atoms with van der Waals surface area (Å²) >= 11 is 0. The Hall–Kier alpha value is -2.32. The van der Waals surface area contributed by atoms with Crippen LogP contribution in [0.4, 0.5) is 0 Å². The number of nitrogens with one attached hydrogen (secondary N) is 1. The van der Waals surface area contributed by atoms with Crippen LogP contribution in [0.3, 0.4) is 0 Å². The van der Waals surface area contributed by atoms with Crippen molar-refractivity contribution in [1.29, 1.82) is 0 Å². The smallest absolute Gasteiger partial charge is 0.115 e. The van der Waals surface area contributed by atoms with E-state index in [0.29, 0.717) is 11.8 Å². The first-order valence-corrected chi connectivity index (χ1v) is 7.73. The number of hydrogen-bond donors (Lipinski definition) is 2. The molecule has 0 aliphatic carbocycles. The summed E-state index contributed by atoms with van der Waals surface area (Å²) in [4.78, 5) is 0. The van der Waals surface area contributed by atoms with E-state index < -0.39 is 0 Å². The standard InChI is InChI=1S/C20H21NO/c1-15(21-14-13-16-9-11-18(22)12-10-16)19-8-4-6-17-5-2-3-7-20(17)19/h2-12,15,21-22H,13-14H2,1H3/t15-/m1/s1. The molecule has 0 unspecified atom stereocenters. The van der Waals surface area contributed by atoms with Crippen LogP contribution in [0.25, 0.3) is 10.8 Å². The fourth-order valence-corrected chi connectivity index (χ4v) is 2.83. The van der Waals surface area contributed by atoms with Crippen LogP contribution in [0.1, 0.15) is 24.1 Å². The lowest BCUT2D eigenvalue weighted by atomic mass is 9.99. The number of phenols is 1. The summed E-state index contributed by atoms with van der Waals surface area (Å²) in [7, 11) is 0. The minimum atomic E-state index is 0.309. The van der Waals surface area contributed by atoms with E-state index in [1.165, 1.54) is 21.9 Å². The molecule has 3 aromatic rings. The van der Waals surface area contributed by atoms with Gasteiger partial charge in [-0.2, -0.15) is 0 Å². The monoisotopic (exact) mass is 291 g/mol. The van der Waals surface area contributed by atoms with E-state index >= 15 is 0 Å². The van der Waals surface area contributed by atoms with Crippen LogP contribution in [0.15, 0.2) is 66.7 Å². The molecule has 0 heterocycles. The third-order valence-corrected chi connectivity index (χ3v) is 4.09. The summed E-state index contributed by atoms with van der Waals surface area (Å²) in [6, 6.07) is 22.7. The van der Waals surface area contributed by atoms with Gasteiger partial charge in [-0.15, -0.1) is 0 Å². The van der Waals surface area contributed by atoms with Gasteiger partial charge in [-0.3, -0.25) is 0 Å². The lowest BCUT2D eigenvalue weighted by Crippen LogP contribution is -2.21. The fraction of sp³-hybridized carbons (Fsp3) is 0.200. The van der Waals surface area contributed by atoms with E-state index in [1.54, 1.807) is 12.1 Å². The van der Waals surface area contributed by atoms with E-state index in [9.17, 15) is 5.11 Å². The molecule has 0 saturated carbocycles. The summed E-state index contributed by atoms with van der Waals surface area (Å²) < 4.78 is 0. The average molecular weight is 291 g/mol. The number of rotatable bonds is 5. The van der Waals surface area contributed by atoms with Crippen LogP contribution in [-0.2, 0) is 6.42 Å². The molecule has 3 aromatic carbocycles. The van der Waals surface area contributed by atoms with Crippen molar-refractivity contribution in [3.63, 3.8) is 0 Å². The Kier molecular flexibility index (Phi) is 4.40. The van der Waals surface area contributed by atoms with E-state index in [1.807, 2.05) is 12.1 Å². The Morgan fingerprint density at radius 3 is 2.45 bits per heavy atom. The molecule has 112 valence electrons. The normalized spacial score (nSPS) is 12.4. The van der Waals surface area contributed by atoms with Crippen LogP contribution >= 0.6 is 0 Å². The van der Waals surface area contributed by atoms with E-state index in [-0.39, 0.29) is 0 Å². The average Bonchev–Trinajstić information content (AvgIpc) is 2.56. The van der Waals surface area contributed by atoms with Gasteiger partial charge in [-0.05, 0) is 53.9 Å². The van der Waals surface area contributed by atoms with E-state index in [4.69, 9.17) is 0 Å². The Labute approximate surface area is 131 Å². The first kappa shape index (κ1) is 14.6. The minimum absolute atomic E-state index is 0.309. The molecule has 0 bridgehead atoms. The first-order valence-electron chi connectivity index (χ1n) is 7.73. The van der Waals surface area contributed by atoms with Gasteiger partial charge in [0.25, 0.3) is 0 Å². The van der Waals surface area contributed by atoms with Crippen molar-refractivity contribution in [2.24, 2.45) is 0 Å². The molecule has 0 radical (unpaired) electrons. The van der Waals surface area contributed by atoms with Crippen molar-refractivity contribution in [2.75, 3.05) is 6.54 Å². The molecule has 0 fully saturated rings. The van der Waals surface area contributed by atoms with Gasteiger partial charge in [-0.1, -0.05) is 54.6 Å². The van der Waals surface area contributed by atoms with Gasteiger partial charge < -0.3 is 10.4 Å². The van der Waals surface area contributed by atoms with E-state index in [0.717, 1.165) is 13.0 Å². The van der Waals surface area contributed by atoms with Crippen molar-refractivity contribution in [2.45, 2.75) is 19.4 Å². The quantitative estimate of drug-likeness (QED) is 0.728. The Bertz CT molecular complexity index is 744. The van der Waals surface area contributed by atoms with Crippen molar-refractivity contribution < 1.29 is 5.11 Å². The molecule has 2 nitrogen and oxygen atoms in total. The SMILES string of the molecule is C[C@@H](NCCc1ccc(O)cc1)c1cccc2ccccc12. The molecule has 0 aromatic heterocycles. The summed E-state index contributed by atoms with van der Waals surface area (Å²) in [5.41, 5.74) is 2.57. The molecule has 0 aliphatic rings. The van der Waals surface area contributed by atoms with Crippen LogP contribution in [0.5, 0.6) is 5.75 Å². The van der Waals surface area contributed by atoms with Crippen molar-refractivity contribution >= 4 is 10.8 Å². The molecule has 1 atom stereocenters. The highest BCUT2D eigenvalue weighted by Gasteiger charge is 2.08. The van der Waals surface area contributed by atoms with Crippen LogP contribution < -0.4 is 5.32 Å². The highest BCUT2D eigenvalue weighted by molar-refractivity contribution is 5.86. The second kappa shape index (κ2) is 6.63. The zero-order chi connectivity index (χ0) is 15.4.